The number of amides is 1. The third-order valence-corrected chi connectivity index (χ3v) is 4.83. The molecule has 26 heavy (non-hydrogen) atoms. The van der Waals surface area contributed by atoms with Crippen LogP contribution in [0.15, 0.2) is 49.3 Å². The number of hydrogen-bond donors (Lipinski definition) is 1. The molecule has 130 valence electrons. The first-order valence-electron chi connectivity index (χ1n) is 8.43. The number of pyridine rings is 1. The molecule has 5 heterocycles. The monoisotopic (exact) mass is 347 g/mol. The highest BCUT2D eigenvalue weighted by Gasteiger charge is 2.33. The fourth-order valence-electron chi connectivity index (χ4n) is 3.56. The minimum absolute atomic E-state index is 0.000295. The van der Waals surface area contributed by atoms with Crippen molar-refractivity contribution in [1.29, 1.82) is 0 Å². The highest BCUT2D eigenvalue weighted by Crippen LogP contribution is 2.31. The molecule has 0 bridgehead atoms. The molecule has 1 N–H and O–H groups in total. The number of nitrogens with zero attached hydrogens (tertiary/aromatic N) is 6. The van der Waals surface area contributed by atoms with E-state index in [4.69, 9.17) is 0 Å². The molecular weight excluding hydrogens is 330 g/mol. The van der Waals surface area contributed by atoms with E-state index in [1.54, 1.807) is 17.2 Å². The maximum atomic E-state index is 13.1. The summed E-state index contributed by atoms with van der Waals surface area (Å²) in [5, 5.41) is 4.27. The van der Waals surface area contributed by atoms with Crippen LogP contribution in [0.5, 0.6) is 0 Å². The van der Waals surface area contributed by atoms with Gasteiger partial charge in [-0.1, -0.05) is 6.07 Å². The van der Waals surface area contributed by atoms with Gasteiger partial charge in [-0.2, -0.15) is 5.10 Å². The number of aromatic nitrogens is 6. The molecule has 0 spiro atoms. The maximum Gasteiger partial charge on any atom is 0.274 e. The highest BCUT2D eigenvalue weighted by molar-refractivity contribution is 5.93. The van der Waals surface area contributed by atoms with Crippen LogP contribution in [0.1, 0.15) is 33.4 Å². The van der Waals surface area contributed by atoms with Crippen molar-refractivity contribution in [3.05, 3.63) is 72.0 Å². The molecule has 1 unspecified atom stereocenters. The second kappa shape index (κ2) is 5.55. The number of fused-ring (bicyclic) bond motifs is 2. The average Bonchev–Trinajstić information content (AvgIpc) is 3.38. The van der Waals surface area contributed by atoms with E-state index in [0.29, 0.717) is 18.8 Å². The van der Waals surface area contributed by atoms with E-state index in [0.717, 1.165) is 22.6 Å². The molecule has 8 heteroatoms. The van der Waals surface area contributed by atoms with Crippen molar-refractivity contribution in [1.82, 2.24) is 34.0 Å². The van der Waals surface area contributed by atoms with Crippen LogP contribution in [-0.4, -0.2) is 46.5 Å². The molecule has 0 aromatic carbocycles. The third-order valence-electron chi connectivity index (χ3n) is 4.83. The van der Waals surface area contributed by atoms with Gasteiger partial charge in [-0.3, -0.25) is 9.48 Å². The Hall–Kier alpha value is -3.42. The maximum absolute atomic E-state index is 13.1. The van der Waals surface area contributed by atoms with Gasteiger partial charge < -0.3 is 14.3 Å². The fourth-order valence-corrected chi connectivity index (χ4v) is 3.56. The fraction of sp³-hybridized carbons (Fsp3) is 0.222. The quantitative estimate of drug-likeness (QED) is 0.597. The predicted octanol–water partition coefficient (Wildman–Crippen LogP) is 1.58. The number of carbonyl (C=O) groups excluding carboxylic acids is 1. The van der Waals surface area contributed by atoms with Crippen molar-refractivity contribution in [3.8, 4) is 0 Å². The SMILES string of the molecule is Cn1cc(C2CN(C(=O)c3cn4ccccc4n3)Cc3[nH]cnc32)cn1. The van der Waals surface area contributed by atoms with Crippen LogP contribution in [0, 0.1) is 0 Å². The Balaban J connectivity index is 1.50. The lowest BCUT2D eigenvalue weighted by Crippen LogP contribution is -2.38. The van der Waals surface area contributed by atoms with Gasteiger partial charge in [0.2, 0.25) is 0 Å². The molecule has 0 radical (unpaired) electrons. The molecule has 1 aliphatic heterocycles. The van der Waals surface area contributed by atoms with Crippen LogP contribution in [0.4, 0.5) is 0 Å². The molecule has 1 amide bonds. The van der Waals surface area contributed by atoms with Crippen molar-refractivity contribution in [3.63, 3.8) is 0 Å². The Morgan fingerprint density at radius 1 is 1.31 bits per heavy atom. The molecule has 1 atom stereocenters. The molecule has 0 aliphatic carbocycles. The summed E-state index contributed by atoms with van der Waals surface area (Å²) < 4.78 is 3.63. The van der Waals surface area contributed by atoms with Crippen molar-refractivity contribution in [2.75, 3.05) is 6.54 Å². The second-order valence-corrected chi connectivity index (χ2v) is 6.54. The summed E-state index contributed by atoms with van der Waals surface area (Å²) in [4.78, 5) is 27.0. The zero-order valence-corrected chi connectivity index (χ0v) is 14.2. The molecule has 0 saturated heterocycles. The Morgan fingerprint density at radius 2 is 2.23 bits per heavy atom. The largest absolute Gasteiger partial charge is 0.347 e. The molecule has 8 nitrogen and oxygen atoms in total. The van der Waals surface area contributed by atoms with Gasteiger partial charge in [0.15, 0.2) is 0 Å². The summed E-state index contributed by atoms with van der Waals surface area (Å²) in [6.45, 7) is 1.05. The number of H-pyrrole nitrogens is 1. The van der Waals surface area contributed by atoms with Crippen molar-refractivity contribution in [2.45, 2.75) is 12.5 Å². The van der Waals surface area contributed by atoms with Gasteiger partial charge in [-0.15, -0.1) is 0 Å². The first kappa shape index (κ1) is 14.9. The van der Waals surface area contributed by atoms with Crippen molar-refractivity contribution in [2.24, 2.45) is 7.05 Å². The number of carbonyl (C=O) groups is 1. The average molecular weight is 347 g/mol. The summed E-state index contributed by atoms with van der Waals surface area (Å²) in [5.74, 6) is -0.0810. The van der Waals surface area contributed by atoms with Crippen LogP contribution >= 0.6 is 0 Å². The summed E-state index contributed by atoms with van der Waals surface area (Å²) in [5.41, 5.74) is 4.20. The summed E-state index contributed by atoms with van der Waals surface area (Å²) in [6.07, 6.45) is 9.16. The topological polar surface area (TPSA) is 84.1 Å². The second-order valence-electron chi connectivity index (χ2n) is 6.54. The minimum atomic E-state index is -0.0807. The smallest absolute Gasteiger partial charge is 0.274 e. The molecule has 5 rings (SSSR count). The van der Waals surface area contributed by atoms with Gasteiger partial charge in [-0.05, 0) is 12.1 Å². The van der Waals surface area contributed by atoms with Gasteiger partial charge in [-0.25, -0.2) is 9.97 Å². The van der Waals surface area contributed by atoms with Gasteiger partial charge in [0.25, 0.3) is 5.91 Å². The number of imidazole rings is 2. The lowest BCUT2D eigenvalue weighted by Gasteiger charge is -2.31. The van der Waals surface area contributed by atoms with Crippen LogP contribution in [0.25, 0.3) is 5.65 Å². The molecule has 0 saturated carbocycles. The zero-order valence-electron chi connectivity index (χ0n) is 14.2. The predicted molar refractivity (Wildman–Crippen MR) is 93.6 cm³/mol. The molecule has 4 aromatic heterocycles. The number of aromatic amines is 1. The van der Waals surface area contributed by atoms with Crippen molar-refractivity contribution < 1.29 is 4.79 Å². The number of aryl methyl sites for hydroxylation is 1. The lowest BCUT2D eigenvalue weighted by molar-refractivity contribution is 0.0716. The van der Waals surface area contributed by atoms with Gasteiger partial charge in [0, 0.05) is 43.7 Å². The summed E-state index contributed by atoms with van der Waals surface area (Å²) in [7, 11) is 1.89. The Labute approximate surface area is 149 Å². The van der Waals surface area contributed by atoms with Crippen LogP contribution < -0.4 is 0 Å². The minimum Gasteiger partial charge on any atom is -0.347 e. The van der Waals surface area contributed by atoms with E-state index in [1.807, 2.05) is 53.1 Å². The number of hydrogen-bond acceptors (Lipinski definition) is 4. The molecule has 1 aliphatic rings. The molecule has 0 fully saturated rings. The summed E-state index contributed by atoms with van der Waals surface area (Å²) >= 11 is 0. The standard InChI is InChI=1S/C18H17N7O/c1-23-7-12(6-21-23)13-8-25(9-14-17(13)20-11-19-14)18(26)15-10-24-5-3-2-4-16(24)22-15/h2-7,10-11,13H,8-9H2,1H3,(H,19,20). The van der Waals surface area contributed by atoms with Gasteiger partial charge in [0.1, 0.15) is 11.3 Å². The van der Waals surface area contributed by atoms with Gasteiger partial charge in [0.05, 0.1) is 30.5 Å². The Morgan fingerprint density at radius 3 is 3.04 bits per heavy atom. The first-order chi connectivity index (χ1) is 12.7. The van der Waals surface area contributed by atoms with E-state index in [-0.39, 0.29) is 11.8 Å². The normalized spacial score (nSPS) is 16.8. The number of rotatable bonds is 2. The van der Waals surface area contributed by atoms with E-state index >= 15 is 0 Å². The molecule has 4 aromatic rings. The summed E-state index contributed by atoms with van der Waals surface area (Å²) in [6, 6.07) is 5.71. The van der Waals surface area contributed by atoms with E-state index in [1.165, 1.54) is 0 Å². The highest BCUT2D eigenvalue weighted by atomic mass is 16.2. The lowest BCUT2D eigenvalue weighted by atomic mass is 9.93. The zero-order chi connectivity index (χ0) is 17.7. The van der Waals surface area contributed by atoms with Gasteiger partial charge >= 0.3 is 0 Å². The van der Waals surface area contributed by atoms with Crippen LogP contribution in [-0.2, 0) is 13.6 Å². The van der Waals surface area contributed by atoms with E-state index in [2.05, 4.69) is 20.1 Å². The third kappa shape index (κ3) is 2.30. The Bertz CT molecular complexity index is 1070. The Kier molecular flexibility index (Phi) is 3.18. The molecular formula is C18H17N7O. The first-order valence-corrected chi connectivity index (χ1v) is 8.43. The van der Waals surface area contributed by atoms with Crippen LogP contribution in [0.2, 0.25) is 0 Å². The van der Waals surface area contributed by atoms with E-state index in [9.17, 15) is 4.79 Å². The number of nitrogens with one attached hydrogen (secondary N) is 1. The van der Waals surface area contributed by atoms with Crippen molar-refractivity contribution >= 4 is 11.6 Å². The van der Waals surface area contributed by atoms with Crippen LogP contribution in [0.3, 0.4) is 0 Å². The van der Waals surface area contributed by atoms with E-state index < -0.39 is 0 Å².